The van der Waals surface area contributed by atoms with Gasteiger partial charge < -0.3 is 9.88 Å². The highest BCUT2D eigenvalue weighted by molar-refractivity contribution is 7.71. The summed E-state index contributed by atoms with van der Waals surface area (Å²) in [6, 6.07) is 6.12. The SMILES string of the molecule is CN(C)c1ccc2[nH]c(=S)n(C3CCC3)c(=O)c2c1. The van der Waals surface area contributed by atoms with Gasteiger partial charge in [0.1, 0.15) is 0 Å². The fourth-order valence-corrected chi connectivity index (χ4v) is 2.81. The molecule has 1 N–H and O–H groups in total. The number of nitrogens with one attached hydrogen (secondary N) is 1. The van der Waals surface area contributed by atoms with E-state index >= 15 is 0 Å². The van der Waals surface area contributed by atoms with Crippen LogP contribution in [0.3, 0.4) is 0 Å². The minimum absolute atomic E-state index is 0.0344. The highest BCUT2D eigenvalue weighted by atomic mass is 32.1. The monoisotopic (exact) mass is 275 g/mol. The number of anilines is 1. The van der Waals surface area contributed by atoms with Gasteiger partial charge in [0, 0.05) is 25.8 Å². The summed E-state index contributed by atoms with van der Waals surface area (Å²) in [5, 5.41) is 0.715. The average molecular weight is 275 g/mol. The second kappa shape index (κ2) is 4.49. The Balaban J connectivity index is 2.28. The Morgan fingerprint density at radius 2 is 2.11 bits per heavy atom. The number of aromatic nitrogens is 2. The van der Waals surface area contributed by atoms with Gasteiger partial charge in [-0.3, -0.25) is 9.36 Å². The zero-order valence-corrected chi connectivity index (χ0v) is 12.0. The fourth-order valence-electron chi connectivity index (χ4n) is 2.47. The number of hydrogen-bond acceptors (Lipinski definition) is 3. The summed E-state index contributed by atoms with van der Waals surface area (Å²) in [5.41, 5.74) is 1.87. The van der Waals surface area contributed by atoms with E-state index in [0.29, 0.717) is 10.2 Å². The van der Waals surface area contributed by atoms with Crippen molar-refractivity contribution in [3.8, 4) is 0 Å². The Morgan fingerprint density at radius 1 is 1.37 bits per heavy atom. The minimum atomic E-state index is 0.0344. The first-order valence-corrected chi connectivity index (χ1v) is 6.94. The van der Waals surface area contributed by atoms with Crippen LogP contribution in [0.4, 0.5) is 5.69 Å². The van der Waals surface area contributed by atoms with E-state index in [0.717, 1.165) is 24.0 Å². The van der Waals surface area contributed by atoms with Crippen molar-refractivity contribution in [3.63, 3.8) is 0 Å². The number of nitrogens with zero attached hydrogens (tertiary/aromatic N) is 2. The molecule has 1 saturated carbocycles. The van der Waals surface area contributed by atoms with E-state index in [9.17, 15) is 4.79 Å². The molecule has 0 spiro atoms. The van der Waals surface area contributed by atoms with Gasteiger partial charge in [-0.15, -0.1) is 0 Å². The second-order valence-corrected chi connectivity index (χ2v) is 5.70. The molecule has 0 saturated heterocycles. The number of aromatic amines is 1. The maximum absolute atomic E-state index is 12.6. The van der Waals surface area contributed by atoms with Crippen LogP contribution >= 0.6 is 12.2 Å². The van der Waals surface area contributed by atoms with Crippen molar-refractivity contribution in [2.45, 2.75) is 25.3 Å². The Bertz CT molecular complexity index is 740. The molecule has 1 aromatic carbocycles. The molecule has 1 heterocycles. The molecular weight excluding hydrogens is 258 g/mol. The Hall–Kier alpha value is -1.62. The van der Waals surface area contributed by atoms with Gasteiger partial charge in [-0.05, 0) is 49.7 Å². The topological polar surface area (TPSA) is 41.0 Å². The van der Waals surface area contributed by atoms with Crippen LogP contribution in [0.1, 0.15) is 25.3 Å². The molecule has 1 aromatic heterocycles. The molecule has 3 rings (SSSR count). The maximum Gasteiger partial charge on any atom is 0.262 e. The number of fused-ring (bicyclic) bond motifs is 1. The van der Waals surface area contributed by atoms with Gasteiger partial charge in [-0.2, -0.15) is 0 Å². The van der Waals surface area contributed by atoms with Crippen LogP contribution in [0.15, 0.2) is 23.0 Å². The van der Waals surface area contributed by atoms with E-state index in [-0.39, 0.29) is 11.6 Å². The molecule has 19 heavy (non-hydrogen) atoms. The third-order valence-electron chi connectivity index (χ3n) is 3.87. The summed E-state index contributed by atoms with van der Waals surface area (Å²) >= 11 is 5.32. The second-order valence-electron chi connectivity index (χ2n) is 5.31. The Morgan fingerprint density at radius 3 is 2.68 bits per heavy atom. The van der Waals surface area contributed by atoms with Gasteiger partial charge in [-0.1, -0.05) is 0 Å². The Labute approximate surface area is 116 Å². The molecule has 1 fully saturated rings. The van der Waals surface area contributed by atoms with E-state index < -0.39 is 0 Å². The minimum Gasteiger partial charge on any atom is -0.378 e. The van der Waals surface area contributed by atoms with Crippen LogP contribution < -0.4 is 10.5 Å². The molecule has 0 unspecified atom stereocenters. The summed E-state index contributed by atoms with van der Waals surface area (Å²) in [5.74, 6) is 0. The predicted molar refractivity (Wildman–Crippen MR) is 80.6 cm³/mol. The zero-order chi connectivity index (χ0) is 13.6. The van der Waals surface area contributed by atoms with Crippen LogP contribution in [0.25, 0.3) is 10.9 Å². The van der Waals surface area contributed by atoms with Gasteiger partial charge in [-0.25, -0.2) is 0 Å². The van der Waals surface area contributed by atoms with Crippen LogP contribution in [0, 0.1) is 4.77 Å². The van der Waals surface area contributed by atoms with Crippen LogP contribution in [-0.4, -0.2) is 23.6 Å². The Kier molecular flexibility index (Phi) is 2.93. The van der Waals surface area contributed by atoms with Crippen molar-refractivity contribution in [2.24, 2.45) is 0 Å². The van der Waals surface area contributed by atoms with Gasteiger partial charge in [0.2, 0.25) is 0 Å². The quantitative estimate of drug-likeness (QED) is 0.857. The van der Waals surface area contributed by atoms with E-state index in [1.54, 1.807) is 4.57 Å². The molecule has 1 aliphatic rings. The van der Waals surface area contributed by atoms with E-state index in [1.807, 2.05) is 37.2 Å². The molecule has 4 nitrogen and oxygen atoms in total. The summed E-state index contributed by atoms with van der Waals surface area (Å²) in [6.45, 7) is 0. The largest absolute Gasteiger partial charge is 0.378 e. The summed E-state index contributed by atoms with van der Waals surface area (Å²) in [7, 11) is 3.94. The van der Waals surface area contributed by atoms with Crippen molar-refractivity contribution < 1.29 is 0 Å². The van der Waals surface area contributed by atoms with Crippen LogP contribution in [0.5, 0.6) is 0 Å². The molecule has 100 valence electrons. The summed E-state index contributed by atoms with van der Waals surface area (Å²) < 4.78 is 2.29. The third kappa shape index (κ3) is 1.98. The van der Waals surface area contributed by atoms with Gasteiger partial charge in [0.05, 0.1) is 10.9 Å². The molecule has 2 aromatic rings. The lowest BCUT2D eigenvalue weighted by Gasteiger charge is -2.27. The third-order valence-corrected chi connectivity index (χ3v) is 4.17. The molecule has 5 heteroatoms. The normalized spacial score (nSPS) is 15.5. The van der Waals surface area contributed by atoms with Crippen molar-refractivity contribution in [1.82, 2.24) is 9.55 Å². The molecular formula is C14H17N3OS. The fraction of sp³-hybridized carbons (Fsp3) is 0.429. The van der Waals surface area contributed by atoms with E-state index in [4.69, 9.17) is 12.2 Å². The molecule has 0 radical (unpaired) electrons. The highest BCUT2D eigenvalue weighted by Crippen LogP contribution is 2.30. The molecule has 0 aliphatic heterocycles. The lowest BCUT2D eigenvalue weighted by atomic mass is 9.93. The number of hydrogen-bond donors (Lipinski definition) is 1. The first kappa shape index (κ1) is 12.4. The molecule has 0 atom stereocenters. The average Bonchev–Trinajstić information content (AvgIpc) is 2.31. The van der Waals surface area contributed by atoms with Crippen molar-refractivity contribution in [2.75, 3.05) is 19.0 Å². The first-order valence-electron chi connectivity index (χ1n) is 6.54. The lowest BCUT2D eigenvalue weighted by Crippen LogP contribution is -2.30. The van der Waals surface area contributed by atoms with Crippen molar-refractivity contribution in [3.05, 3.63) is 33.3 Å². The molecule has 0 amide bonds. The van der Waals surface area contributed by atoms with Gasteiger partial charge in [0.15, 0.2) is 4.77 Å². The van der Waals surface area contributed by atoms with Gasteiger partial charge >= 0.3 is 0 Å². The first-order chi connectivity index (χ1) is 9.08. The lowest BCUT2D eigenvalue weighted by molar-refractivity contribution is 0.302. The zero-order valence-electron chi connectivity index (χ0n) is 11.1. The van der Waals surface area contributed by atoms with Gasteiger partial charge in [0.25, 0.3) is 5.56 Å². The number of H-pyrrole nitrogens is 1. The summed E-state index contributed by atoms with van der Waals surface area (Å²) in [4.78, 5) is 17.8. The van der Waals surface area contributed by atoms with Crippen molar-refractivity contribution in [1.29, 1.82) is 0 Å². The standard InChI is InChI=1S/C14H17N3OS/c1-16(2)10-6-7-12-11(8-10)13(18)17(14(19)15-12)9-4-3-5-9/h6-9H,3-5H2,1-2H3,(H,15,19). The molecule has 0 bridgehead atoms. The number of benzene rings is 1. The van der Waals surface area contributed by atoms with Crippen molar-refractivity contribution >= 4 is 28.8 Å². The van der Waals surface area contributed by atoms with E-state index in [1.165, 1.54) is 6.42 Å². The maximum atomic E-state index is 12.6. The van der Waals surface area contributed by atoms with Crippen LogP contribution in [-0.2, 0) is 0 Å². The van der Waals surface area contributed by atoms with E-state index in [2.05, 4.69) is 4.98 Å². The summed E-state index contributed by atoms with van der Waals surface area (Å²) in [6.07, 6.45) is 3.29. The smallest absolute Gasteiger partial charge is 0.262 e. The predicted octanol–water partition coefficient (Wildman–Crippen LogP) is 2.85. The highest BCUT2D eigenvalue weighted by Gasteiger charge is 2.22. The van der Waals surface area contributed by atoms with Crippen LogP contribution in [0.2, 0.25) is 0 Å². The number of rotatable bonds is 2. The molecule has 1 aliphatic carbocycles.